The summed E-state index contributed by atoms with van der Waals surface area (Å²) in [7, 11) is -3.31. The fraction of sp³-hybridized carbons (Fsp3) is 0.500. The summed E-state index contributed by atoms with van der Waals surface area (Å²) >= 11 is 0. The fourth-order valence-corrected chi connectivity index (χ4v) is 19.4. The third-order valence-electron chi connectivity index (χ3n) is 5.65. The minimum Gasteiger partial charge on any atom is -0.687 e. The standard InChI is InChI=1S/C24H37N2PSi2.2Li/c1-28(2,25-22-14-8-5-9-15-22)20-27(24-18-12-7-13-19-24)21-29(3,4)26-23-16-10-6-11-17-23;;/h5-6,8-11,14-17,24H,7,12-13,18-21H2,1-4H3;;/q-2;2*+1. The van der Waals surface area contributed by atoms with Gasteiger partial charge in [0.05, 0.1) is 0 Å². The molecule has 0 aliphatic heterocycles. The summed E-state index contributed by atoms with van der Waals surface area (Å²) in [6.45, 7) is 9.89. The van der Waals surface area contributed by atoms with Gasteiger partial charge in [0.15, 0.2) is 0 Å². The second-order valence-electron chi connectivity index (χ2n) is 9.72. The van der Waals surface area contributed by atoms with Gasteiger partial charge in [-0.05, 0) is 35.0 Å². The van der Waals surface area contributed by atoms with Crippen molar-refractivity contribution in [3.63, 3.8) is 0 Å². The Kier molecular flexibility index (Phi) is 12.9. The Morgan fingerprint density at radius 3 is 1.45 bits per heavy atom. The van der Waals surface area contributed by atoms with E-state index < -0.39 is 16.5 Å². The summed E-state index contributed by atoms with van der Waals surface area (Å²) in [6.07, 6.45) is 7.18. The van der Waals surface area contributed by atoms with Gasteiger partial charge >= 0.3 is 37.7 Å². The van der Waals surface area contributed by atoms with E-state index in [0.717, 1.165) is 5.66 Å². The average molecular weight is 455 g/mol. The van der Waals surface area contributed by atoms with Gasteiger partial charge in [-0.25, -0.2) is 0 Å². The zero-order valence-corrected chi connectivity index (χ0v) is 23.5. The molecule has 1 fully saturated rings. The molecule has 0 radical (unpaired) electrons. The number of hydrogen-bond acceptors (Lipinski definition) is 0. The van der Waals surface area contributed by atoms with Crippen LogP contribution in [0.3, 0.4) is 0 Å². The number of benzene rings is 2. The summed E-state index contributed by atoms with van der Waals surface area (Å²) in [5.41, 5.74) is 3.29. The van der Waals surface area contributed by atoms with Gasteiger partial charge in [0.1, 0.15) is 0 Å². The van der Waals surface area contributed by atoms with Crippen molar-refractivity contribution in [2.45, 2.75) is 64.0 Å². The summed E-state index contributed by atoms with van der Waals surface area (Å²) in [4.78, 5) is 10.6. The Hall–Kier alpha value is 0.0986. The molecule has 0 aromatic heterocycles. The predicted octanol–water partition coefficient (Wildman–Crippen LogP) is 2.71. The van der Waals surface area contributed by atoms with Crippen molar-refractivity contribution < 1.29 is 37.7 Å². The van der Waals surface area contributed by atoms with Gasteiger partial charge in [-0.1, -0.05) is 118 Å². The van der Waals surface area contributed by atoms with Crippen LogP contribution >= 0.6 is 7.92 Å². The van der Waals surface area contributed by atoms with E-state index in [1.54, 1.807) is 0 Å². The van der Waals surface area contributed by atoms with Crippen molar-refractivity contribution >= 4 is 35.8 Å². The molecule has 2 nitrogen and oxygen atoms in total. The molecule has 2 aromatic carbocycles. The van der Waals surface area contributed by atoms with Gasteiger partial charge in [0.25, 0.3) is 0 Å². The maximum atomic E-state index is 5.28. The fourth-order valence-electron chi connectivity index (χ4n) is 4.53. The third kappa shape index (κ3) is 10.3. The van der Waals surface area contributed by atoms with Crippen LogP contribution in [0.25, 0.3) is 9.96 Å². The third-order valence-corrected chi connectivity index (χ3v) is 18.4. The molecule has 0 amide bonds. The second kappa shape index (κ2) is 13.7. The topological polar surface area (TPSA) is 28.2 Å². The Balaban J connectivity index is 0.00000240. The SMILES string of the molecule is C[Si](C)(CP(C[Si](C)(C)[N-]c1ccccc1)C1CCCCC1)[N-]c1ccccc1.[Li+].[Li+]. The van der Waals surface area contributed by atoms with Crippen LogP contribution in [-0.2, 0) is 0 Å². The van der Waals surface area contributed by atoms with Crippen LogP contribution in [0.2, 0.25) is 26.2 Å². The first-order valence-corrected chi connectivity index (χ1v) is 19.2. The Bertz CT molecular complexity index is 686. The normalized spacial score (nSPS) is 15.0. The van der Waals surface area contributed by atoms with E-state index in [0.29, 0.717) is 0 Å². The summed E-state index contributed by atoms with van der Waals surface area (Å²) in [5.74, 6) is 2.73. The van der Waals surface area contributed by atoms with Crippen molar-refractivity contribution in [2.24, 2.45) is 0 Å². The molecule has 1 aliphatic rings. The number of nitrogens with zero attached hydrogens (tertiary/aromatic N) is 2. The zero-order valence-electron chi connectivity index (χ0n) is 20.6. The first-order chi connectivity index (χ1) is 13.8. The van der Waals surface area contributed by atoms with Crippen molar-refractivity contribution in [3.8, 4) is 0 Å². The van der Waals surface area contributed by atoms with Crippen molar-refractivity contribution in [3.05, 3.63) is 70.6 Å². The van der Waals surface area contributed by atoms with E-state index in [1.165, 1.54) is 55.0 Å². The van der Waals surface area contributed by atoms with Crippen LogP contribution in [-0.4, -0.2) is 33.7 Å². The van der Waals surface area contributed by atoms with Gasteiger partial charge in [0, 0.05) is 0 Å². The van der Waals surface area contributed by atoms with Gasteiger partial charge in [0.2, 0.25) is 0 Å². The van der Waals surface area contributed by atoms with E-state index in [2.05, 4.69) is 86.9 Å². The van der Waals surface area contributed by atoms with Crippen LogP contribution in [0, 0.1) is 0 Å². The summed E-state index contributed by atoms with van der Waals surface area (Å²) in [5, 5.41) is 0. The van der Waals surface area contributed by atoms with Crippen LogP contribution in [0.5, 0.6) is 0 Å². The minimum absolute atomic E-state index is 0. The van der Waals surface area contributed by atoms with E-state index in [9.17, 15) is 0 Å². The minimum atomic E-state index is -1.65. The van der Waals surface area contributed by atoms with E-state index >= 15 is 0 Å². The largest absolute Gasteiger partial charge is 1.00 e. The first kappa shape index (κ1) is 29.1. The predicted molar refractivity (Wildman–Crippen MR) is 137 cm³/mol. The molecule has 0 bridgehead atoms. The average Bonchev–Trinajstić information content (AvgIpc) is 2.68. The molecule has 31 heavy (non-hydrogen) atoms. The molecule has 1 aliphatic carbocycles. The van der Waals surface area contributed by atoms with Crippen molar-refractivity contribution in [2.75, 3.05) is 11.6 Å². The quantitative estimate of drug-likeness (QED) is 0.412. The monoisotopic (exact) mass is 454 g/mol. The molecule has 0 heterocycles. The molecule has 0 N–H and O–H groups in total. The van der Waals surface area contributed by atoms with Crippen LogP contribution in [0.1, 0.15) is 32.1 Å². The van der Waals surface area contributed by atoms with Crippen LogP contribution in [0.15, 0.2) is 60.7 Å². The second-order valence-corrected chi connectivity index (χ2v) is 21.9. The molecule has 3 rings (SSSR count). The Morgan fingerprint density at radius 1 is 0.677 bits per heavy atom. The van der Waals surface area contributed by atoms with Crippen LogP contribution in [0.4, 0.5) is 11.4 Å². The molecule has 158 valence electrons. The van der Waals surface area contributed by atoms with Gasteiger partial charge in [-0.2, -0.15) is 0 Å². The zero-order chi connectivity index (χ0) is 20.7. The maximum absolute atomic E-state index is 5.28. The van der Waals surface area contributed by atoms with Crippen LogP contribution < -0.4 is 37.7 Å². The first-order valence-electron chi connectivity index (χ1n) is 11.1. The van der Waals surface area contributed by atoms with E-state index in [4.69, 9.17) is 9.96 Å². The molecule has 1 saturated carbocycles. The van der Waals surface area contributed by atoms with Crippen molar-refractivity contribution in [1.82, 2.24) is 0 Å². The number of hydrogen-bond donors (Lipinski definition) is 0. The maximum Gasteiger partial charge on any atom is 1.00 e. The molecule has 0 unspecified atom stereocenters. The van der Waals surface area contributed by atoms with Crippen molar-refractivity contribution in [1.29, 1.82) is 0 Å². The van der Waals surface area contributed by atoms with Gasteiger partial charge in [-0.3, -0.25) is 0 Å². The molecular formula is C24H37Li2N2PSi2. The summed E-state index contributed by atoms with van der Waals surface area (Å²) in [6, 6.07) is 21.3. The molecule has 0 saturated heterocycles. The molecule has 2 aromatic rings. The van der Waals surface area contributed by atoms with Gasteiger partial charge < -0.3 is 9.96 Å². The van der Waals surface area contributed by atoms with E-state index in [1.807, 2.05) is 0 Å². The van der Waals surface area contributed by atoms with Gasteiger partial charge in [-0.15, -0.1) is 19.3 Å². The Morgan fingerprint density at radius 2 is 1.06 bits per heavy atom. The number of rotatable bonds is 9. The smallest absolute Gasteiger partial charge is 0.687 e. The molecular weight excluding hydrogens is 417 g/mol. The molecule has 0 atom stereocenters. The Labute approximate surface area is 218 Å². The molecule has 0 spiro atoms. The van der Waals surface area contributed by atoms with E-state index in [-0.39, 0.29) is 45.6 Å². The summed E-state index contributed by atoms with van der Waals surface area (Å²) < 4.78 is 0. The molecule has 7 heteroatoms.